The Balaban J connectivity index is 3.64. The Morgan fingerprint density at radius 1 is 1.56 bits per heavy atom. The Kier molecular flexibility index (Phi) is 4.53. The fraction of sp³-hybridized carbons (Fsp3) is 0.800. The summed E-state index contributed by atoms with van der Waals surface area (Å²) in [5.41, 5.74) is 0. The summed E-state index contributed by atoms with van der Waals surface area (Å²) in [5.74, 6) is 0. The van der Waals surface area contributed by atoms with Crippen LogP contribution in [0.4, 0.5) is 4.79 Å². The quantitative estimate of drug-likeness (QED) is 0.595. The Labute approximate surface area is 59.7 Å². The predicted octanol–water partition coefficient (Wildman–Crippen LogP) is 1.06. The highest BCUT2D eigenvalue weighted by molar-refractivity contribution is 8.11. The number of carbonyl (C=O) groups excluding carboxylic acids is 1. The first-order valence-electron chi connectivity index (χ1n) is 2.91. The lowest BCUT2D eigenvalue weighted by molar-refractivity contribution is 0.228. The second kappa shape index (κ2) is 4.64. The monoisotopic (exact) mass is 148 g/mol. The molecule has 4 heteroatoms. The number of nitrogens with zero attached hydrogens (tertiary/aromatic N) is 1. The van der Waals surface area contributed by atoms with Crippen molar-refractivity contribution in [1.29, 1.82) is 0 Å². The van der Waals surface area contributed by atoms with Gasteiger partial charge in [0.05, 0.1) is 0 Å². The normalized spacial score (nSPS) is 9.22. The maximum atomic E-state index is 10.7. The second-order valence-electron chi connectivity index (χ2n) is 1.56. The minimum atomic E-state index is -0.0556. The van der Waals surface area contributed by atoms with Crippen LogP contribution in [0.1, 0.15) is 13.8 Å². The molecule has 0 heterocycles. The van der Waals surface area contributed by atoms with E-state index in [0.717, 1.165) is 25.0 Å². The Morgan fingerprint density at radius 3 is 2.11 bits per heavy atom. The van der Waals surface area contributed by atoms with Crippen molar-refractivity contribution in [3.63, 3.8) is 0 Å². The maximum absolute atomic E-state index is 10.7. The van der Waals surface area contributed by atoms with Crippen molar-refractivity contribution in [2.45, 2.75) is 13.8 Å². The van der Waals surface area contributed by atoms with E-state index in [2.05, 4.69) is 0 Å². The van der Waals surface area contributed by atoms with Gasteiger partial charge >= 0.3 is 0 Å². The molecule has 0 unspecified atom stereocenters. The summed E-state index contributed by atoms with van der Waals surface area (Å²) in [6.45, 7) is 5.33. The molecule has 0 spiro atoms. The van der Waals surface area contributed by atoms with E-state index < -0.39 is 0 Å². The Morgan fingerprint density at radius 2 is 2.00 bits per heavy atom. The first-order valence-corrected chi connectivity index (χ1v) is 3.79. The van der Waals surface area contributed by atoms with E-state index >= 15 is 0 Å². The van der Waals surface area contributed by atoms with E-state index in [0.29, 0.717) is 0 Å². The molecular weight excluding hydrogens is 136 g/mol. The van der Waals surface area contributed by atoms with Crippen molar-refractivity contribution in [2.75, 3.05) is 13.1 Å². The molecule has 0 aromatic heterocycles. The molecule has 0 atom stereocenters. The van der Waals surface area contributed by atoms with Gasteiger partial charge in [-0.1, -0.05) is 0 Å². The van der Waals surface area contributed by atoms with Crippen LogP contribution in [0.25, 0.3) is 0 Å². The van der Waals surface area contributed by atoms with Gasteiger partial charge in [-0.3, -0.25) is 9.93 Å². The number of carbonyl (C=O) groups is 1. The van der Waals surface area contributed by atoms with Gasteiger partial charge in [0, 0.05) is 25.0 Å². The topological polar surface area (TPSA) is 46.3 Å². The van der Waals surface area contributed by atoms with Crippen molar-refractivity contribution < 1.29 is 4.79 Å². The number of rotatable bonds is 2. The highest BCUT2D eigenvalue weighted by Crippen LogP contribution is 1.99. The summed E-state index contributed by atoms with van der Waals surface area (Å²) < 4.78 is 0. The largest absolute Gasteiger partial charge is 0.333 e. The van der Waals surface area contributed by atoms with Crippen LogP contribution >= 0.6 is 11.9 Å². The summed E-state index contributed by atoms with van der Waals surface area (Å²) in [6, 6.07) is 0. The van der Waals surface area contributed by atoms with E-state index in [4.69, 9.17) is 5.14 Å². The molecule has 0 saturated heterocycles. The first kappa shape index (κ1) is 8.78. The highest BCUT2D eigenvalue weighted by atomic mass is 32.2. The van der Waals surface area contributed by atoms with Gasteiger partial charge in [0.2, 0.25) is 0 Å². The number of hydrogen-bond donors (Lipinski definition) is 1. The molecule has 0 rings (SSSR count). The van der Waals surface area contributed by atoms with Gasteiger partial charge < -0.3 is 4.90 Å². The lowest BCUT2D eigenvalue weighted by Crippen LogP contribution is -2.27. The van der Waals surface area contributed by atoms with E-state index in [9.17, 15) is 4.79 Å². The average Bonchev–Trinajstić information content (AvgIpc) is 1.90. The SMILES string of the molecule is CCN(CC)C(=O)SN. The molecule has 3 nitrogen and oxygen atoms in total. The third-order valence-corrected chi connectivity index (χ3v) is 1.58. The summed E-state index contributed by atoms with van der Waals surface area (Å²) >= 11 is 0.769. The molecule has 54 valence electrons. The van der Waals surface area contributed by atoms with Gasteiger partial charge in [-0.15, -0.1) is 0 Å². The first-order chi connectivity index (χ1) is 4.26. The molecule has 0 aliphatic heterocycles. The molecule has 0 aromatic carbocycles. The molecule has 0 saturated carbocycles. The zero-order chi connectivity index (χ0) is 7.28. The number of hydrogen-bond acceptors (Lipinski definition) is 3. The van der Waals surface area contributed by atoms with Crippen LogP contribution in [0.15, 0.2) is 0 Å². The number of amides is 1. The zero-order valence-corrected chi connectivity index (χ0v) is 6.57. The average molecular weight is 148 g/mol. The van der Waals surface area contributed by atoms with Crippen LogP contribution in [0.2, 0.25) is 0 Å². The lowest BCUT2D eigenvalue weighted by Gasteiger charge is -2.15. The van der Waals surface area contributed by atoms with Crippen LogP contribution in [-0.2, 0) is 0 Å². The van der Waals surface area contributed by atoms with E-state index in [-0.39, 0.29) is 5.24 Å². The molecule has 2 N–H and O–H groups in total. The van der Waals surface area contributed by atoms with Crippen LogP contribution in [0.3, 0.4) is 0 Å². The third-order valence-electron chi connectivity index (χ3n) is 1.12. The zero-order valence-electron chi connectivity index (χ0n) is 5.76. The molecule has 1 amide bonds. The molecule has 0 aliphatic carbocycles. The summed E-state index contributed by atoms with van der Waals surface area (Å²) in [5, 5.41) is 4.99. The molecule has 9 heavy (non-hydrogen) atoms. The Hall–Kier alpha value is -0.220. The van der Waals surface area contributed by atoms with Crippen molar-refractivity contribution >= 4 is 17.2 Å². The summed E-state index contributed by atoms with van der Waals surface area (Å²) in [6.07, 6.45) is 0. The van der Waals surface area contributed by atoms with Crippen molar-refractivity contribution in [3.05, 3.63) is 0 Å². The van der Waals surface area contributed by atoms with Crippen LogP contribution in [-0.4, -0.2) is 23.2 Å². The third kappa shape index (κ3) is 2.72. The van der Waals surface area contributed by atoms with Gasteiger partial charge in [-0.05, 0) is 13.8 Å². The van der Waals surface area contributed by atoms with Gasteiger partial charge in [-0.25, -0.2) is 0 Å². The van der Waals surface area contributed by atoms with E-state index in [1.807, 2.05) is 13.8 Å². The molecule has 0 radical (unpaired) electrons. The minimum absolute atomic E-state index is 0.0556. The Bertz CT molecular complexity index is 93.0. The predicted molar refractivity (Wildman–Crippen MR) is 40.1 cm³/mol. The van der Waals surface area contributed by atoms with Crippen molar-refractivity contribution in [1.82, 2.24) is 4.90 Å². The van der Waals surface area contributed by atoms with Gasteiger partial charge in [0.25, 0.3) is 5.24 Å². The maximum Gasteiger partial charge on any atom is 0.296 e. The fourth-order valence-electron chi connectivity index (χ4n) is 0.556. The van der Waals surface area contributed by atoms with Crippen molar-refractivity contribution in [2.24, 2.45) is 5.14 Å². The molecule has 0 fully saturated rings. The van der Waals surface area contributed by atoms with Gasteiger partial charge in [0.15, 0.2) is 0 Å². The molecule has 0 bridgehead atoms. The fourth-order valence-corrected chi connectivity index (χ4v) is 0.964. The van der Waals surface area contributed by atoms with Crippen LogP contribution < -0.4 is 5.14 Å². The van der Waals surface area contributed by atoms with E-state index in [1.54, 1.807) is 4.90 Å². The molecule has 0 aromatic rings. The number of nitrogens with two attached hydrogens (primary N) is 1. The standard InChI is InChI=1S/C5H12N2OS/c1-3-7(4-2)5(8)9-6/h3-4,6H2,1-2H3. The van der Waals surface area contributed by atoms with Gasteiger partial charge in [-0.2, -0.15) is 0 Å². The smallest absolute Gasteiger partial charge is 0.296 e. The van der Waals surface area contributed by atoms with E-state index in [1.165, 1.54) is 0 Å². The summed E-state index contributed by atoms with van der Waals surface area (Å²) in [7, 11) is 0. The van der Waals surface area contributed by atoms with Crippen LogP contribution in [0.5, 0.6) is 0 Å². The summed E-state index contributed by atoms with van der Waals surface area (Å²) in [4.78, 5) is 12.4. The molecular formula is C5H12N2OS. The van der Waals surface area contributed by atoms with Gasteiger partial charge in [0.1, 0.15) is 0 Å². The molecule has 0 aliphatic rings. The van der Waals surface area contributed by atoms with Crippen LogP contribution in [0, 0.1) is 0 Å². The van der Waals surface area contributed by atoms with Crippen molar-refractivity contribution in [3.8, 4) is 0 Å². The lowest BCUT2D eigenvalue weighted by atomic mass is 10.6. The minimum Gasteiger partial charge on any atom is -0.333 e. The second-order valence-corrected chi connectivity index (χ2v) is 2.14. The highest BCUT2D eigenvalue weighted by Gasteiger charge is 2.05.